The van der Waals surface area contributed by atoms with Crippen molar-refractivity contribution in [2.24, 2.45) is 0 Å². The van der Waals surface area contributed by atoms with Crippen molar-refractivity contribution in [3.63, 3.8) is 0 Å². The molecule has 0 aliphatic carbocycles. The fourth-order valence-electron chi connectivity index (χ4n) is 8.02. The average molecular weight is 746 g/mol. The molecule has 0 aliphatic rings. The van der Waals surface area contributed by atoms with E-state index in [-0.39, 0.29) is 0 Å². The van der Waals surface area contributed by atoms with Gasteiger partial charge in [0, 0.05) is 65.8 Å². The summed E-state index contributed by atoms with van der Waals surface area (Å²) in [6.45, 7) is 0. The molecule has 0 radical (unpaired) electrons. The van der Waals surface area contributed by atoms with Crippen LogP contribution < -0.4 is 4.57 Å². The first-order chi connectivity index (χ1) is 28.2. The third-order valence-electron chi connectivity index (χ3n) is 10.8. The molecule has 0 aliphatic heterocycles. The predicted molar refractivity (Wildman–Crippen MR) is 236 cm³/mol. The molecule has 0 saturated heterocycles. The monoisotopic (exact) mass is 745 g/mol. The lowest BCUT2D eigenvalue weighted by Gasteiger charge is -2.11. The van der Waals surface area contributed by atoms with Crippen molar-refractivity contribution in [1.82, 2.24) is 15.0 Å². The van der Waals surface area contributed by atoms with Crippen molar-refractivity contribution in [3.05, 3.63) is 200 Å². The average Bonchev–Trinajstić information content (AvgIpc) is 3.68. The van der Waals surface area contributed by atoms with Gasteiger partial charge in [0.25, 0.3) is 0 Å². The highest BCUT2D eigenvalue weighted by Gasteiger charge is 2.21. The maximum atomic E-state index is 5.23. The van der Waals surface area contributed by atoms with Crippen LogP contribution in [0.3, 0.4) is 0 Å². The number of thiophene rings is 1. The van der Waals surface area contributed by atoms with Gasteiger partial charge in [-0.3, -0.25) is 0 Å². The highest BCUT2D eigenvalue weighted by Crippen LogP contribution is 2.42. The van der Waals surface area contributed by atoms with Crippen LogP contribution in [0, 0.1) is 0 Å². The molecule has 5 heteroatoms. The molecule has 0 bridgehead atoms. The van der Waals surface area contributed by atoms with Crippen molar-refractivity contribution in [2.45, 2.75) is 0 Å². The van der Waals surface area contributed by atoms with Gasteiger partial charge in [0.1, 0.15) is 0 Å². The van der Waals surface area contributed by atoms with Crippen molar-refractivity contribution in [1.29, 1.82) is 0 Å². The molecule has 11 aromatic rings. The van der Waals surface area contributed by atoms with Gasteiger partial charge in [0.2, 0.25) is 11.2 Å². The zero-order chi connectivity index (χ0) is 37.7. The molecule has 266 valence electrons. The van der Waals surface area contributed by atoms with E-state index in [0.717, 1.165) is 44.6 Å². The Labute approximate surface area is 333 Å². The SMILES string of the molecule is c1ccc(-c2cccc(-c3nc(-c4cccc(-c5ccccc5)c4)nc(-c4ccc5sc6ccc7c(c8ccccc8c[n+]7-c7ccccc7)c6c5c4)n3)c2)cc1. The number of fused-ring (bicyclic) bond motifs is 7. The Kier molecular flexibility index (Phi) is 7.97. The lowest BCUT2D eigenvalue weighted by atomic mass is 9.99. The van der Waals surface area contributed by atoms with Crippen LogP contribution in [-0.2, 0) is 0 Å². The van der Waals surface area contributed by atoms with Crippen LogP contribution in [0.5, 0.6) is 0 Å². The highest BCUT2D eigenvalue weighted by atomic mass is 32.1. The minimum atomic E-state index is 0.633. The first-order valence-electron chi connectivity index (χ1n) is 19.1. The third-order valence-corrected chi connectivity index (χ3v) is 11.9. The predicted octanol–water partition coefficient (Wildman–Crippen LogP) is 13.2. The van der Waals surface area contributed by atoms with Gasteiger partial charge in [-0.1, -0.05) is 133 Å². The Balaban J connectivity index is 1.14. The van der Waals surface area contributed by atoms with Gasteiger partial charge in [-0.05, 0) is 64.7 Å². The summed E-state index contributed by atoms with van der Waals surface area (Å²) in [4.78, 5) is 15.6. The Hall–Kier alpha value is -7.34. The maximum absolute atomic E-state index is 5.23. The normalized spacial score (nSPS) is 11.5. The Bertz CT molecular complexity index is 3180. The summed E-state index contributed by atoms with van der Waals surface area (Å²) < 4.78 is 4.79. The number of pyridine rings is 1. The fourth-order valence-corrected chi connectivity index (χ4v) is 9.11. The van der Waals surface area contributed by atoms with E-state index in [1.807, 2.05) is 23.5 Å². The molecule has 3 aromatic heterocycles. The van der Waals surface area contributed by atoms with E-state index in [4.69, 9.17) is 15.0 Å². The second kappa shape index (κ2) is 13.7. The Morgan fingerprint density at radius 1 is 0.351 bits per heavy atom. The fraction of sp³-hybridized carbons (Fsp3) is 0. The molecule has 11 rings (SSSR count). The van der Waals surface area contributed by atoms with E-state index in [0.29, 0.717) is 17.5 Å². The quantitative estimate of drug-likeness (QED) is 0.126. The van der Waals surface area contributed by atoms with Crippen LogP contribution in [0.1, 0.15) is 0 Å². The maximum Gasteiger partial charge on any atom is 0.219 e. The minimum Gasteiger partial charge on any atom is -0.208 e. The third kappa shape index (κ3) is 5.93. The summed E-state index contributed by atoms with van der Waals surface area (Å²) >= 11 is 1.83. The lowest BCUT2D eigenvalue weighted by Crippen LogP contribution is -2.31. The van der Waals surface area contributed by atoms with Crippen LogP contribution in [0.4, 0.5) is 0 Å². The smallest absolute Gasteiger partial charge is 0.208 e. The summed E-state index contributed by atoms with van der Waals surface area (Å²) in [7, 11) is 0. The van der Waals surface area contributed by atoms with Crippen LogP contribution in [0.15, 0.2) is 200 Å². The number of benzene rings is 8. The Morgan fingerprint density at radius 2 is 0.860 bits per heavy atom. The van der Waals surface area contributed by atoms with Gasteiger partial charge in [0.05, 0.1) is 5.39 Å². The number of rotatable bonds is 6. The molecule has 57 heavy (non-hydrogen) atoms. The summed E-state index contributed by atoms with van der Waals surface area (Å²) in [5.74, 6) is 1.90. The van der Waals surface area contributed by atoms with Crippen LogP contribution in [0.25, 0.3) is 104 Å². The number of para-hydroxylation sites is 1. The van der Waals surface area contributed by atoms with Crippen LogP contribution >= 0.6 is 11.3 Å². The van der Waals surface area contributed by atoms with Gasteiger partial charge in [-0.2, -0.15) is 4.57 Å². The van der Waals surface area contributed by atoms with Crippen LogP contribution in [0.2, 0.25) is 0 Å². The first-order valence-corrected chi connectivity index (χ1v) is 19.9. The number of hydrogen-bond donors (Lipinski definition) is 0. The molecule has 4 nitrogen and oxygen atoms in total. The molecule has 8 aromatic carbocycles. The van der Waals surface area contributed by atoms with Gasteiger partial charge in [-0.15, -0.1) is 11.3 Å². The van der Waals surface area contributed by atoms with Crippen molar-refractivity contribution in [2.75, 3.05) is 0 Å². The highest BCUT2D eigenvalue weighted by molar-refractivity contribution is 7.26. The van der Waals surface area contributed by atoms with Gasteiger partial charge >= 0.3 is 0 Å². The van der Waals surface area contributed by atoms with Gasteiger partial charge in [-0.25, -0.2) is 15.0 Å². The summed E-state index contributed by atoms with van der Waals surface area (Å²) in [6.07, 6.45) is 2.26. The van der Waals surface area contributed by atoms with Crippen molar-refractivity contribution >= 4 is 53.2 Å². The van der Waals surface area contributed by atoms with Gasteiger partial charge < -0.3 is 0 Å². The molecular weight excluding hydrogens is 713 g/mol. The Morgan fingerprint density at radius 3 is 1.49 bits per heavy atom. The van der Waals surface area contributed by atoms with Crippen LogP contribution in [-0.4, -0.2) is 15.0 Å². The zero-order valence-electron chi connectivity index (χ0n) is 30.7. The van der Waals surface area contributed by atoms with E-state index < -0.39 is 0 Å². The topological polar surface area (TPSA) is 42.5 Å². The molecule has 0 atom stereocenters. The summed E-state index contributed by atoms with van der Waals surface area (Å²) in [5.41, 5.74) is 9.63. The summed E-state index contributed by atoms with van der Waals surface area (Å²) in [6, 6.07) is 68.4. The molecule has 0 N–H and O–H groups in total. The molecule has 3 heterocycles. The largest absolute Gasteiger partial charge is 0.219 e. The van der Waals surface area contributed by atoms with E-state index in [1.54, 1.807) is 0 Å². The van der Waals surface area contributed by atoms with Gasteiger partial charge in [0.15, 0.2) is 23.7 Å². The van der Waals surface area contributed by atoms with E-state index in [1.165, 1.54) is 41.8 Å². The number of nitrogens with zero attached hydrogens (tertiary/aromatic N) is 4. The van der Waals surface area contributed by atoms with Crippen molar-refractivity contribution < 1.29 is 4.57 Å². The molecule has 0 saturated carbocycles. The molecular formula is C52H33N4S+. The summed E-state index contributed by atoms with van der Waals surface area (Å²) in [5, 5.41) is 6.10. The lowest BCUT2D eigenvalue weighted by molar-refractivity contribution is -0.565. The standard InChI is InChI=1S/C52H33N4S/c1-4-14-34(15-5-1)36-19-12-21-38(30-36)50-53-51(39-22-13-20-37(31-39)35-16-6-2-7-17-35)55-52(54-50)40-26-28-46-44(32-40)49-47(57-46)29-27-45-48(49)43-25-11-10-18-41(43)33-56(45)42-23-8-3-9-24-42/h1-33H/q+1. The number of aromatic nitrogens is 4. The zero-order valence-corrected chi connectivity index (χ0v) is 31.6. The van der Waals surface area contributed by atoms with Crippen molar-refractivity contribution in [3.8, 4) is 62.1 Å². The molecule has 0 fully saturated rings. The molecule has 0 unspecified atom stereocenters. The first kappa shape index (κ1) is 33.0. The second-order valence-corrected chi connectivity index (χ2v) is 15.4. The molecule has 0 spiro atoms. The van der Waals surface area contributed by atoms with E-state index in [9.17, 15) is 0 Å². The van der Waals surface area contributed by atoms with E-state index in [2.05, 4.69) is 193 Å². The molecule has 0 amide bonds. The second-order valence-electron chi connectivity index (χ2n) is 14.3. The minimum absolute atomic E-state index is 0.633. The number of hydrogen-bond acceptors (Lipinski definition) is 4. The van der Waals surface area contributed by atoms with E-state index >= 15 is 0 Å².